The highest BCUT2D eigenvalue weighted by Crippen LogP contribution is 2.39. The second-order valence-corrected chi connectivity index (χ2v) is 12.2. The van der Waals surface area contributed by atoms with Crippen molar-refractivity contribution in [2.24, 2.45) is 0 Å². The van der Waals surface area contributed by atoms with Crippen LogP contribution in [0.5, 0.6) is 0 Å². The standard InChI is InChI=1S/C27H20Cl2F6N2O7S/c28-22-6-1-17(14-23(22)29)25(7-9-44-45(41,42)21-4-2-20(3-5-21)37(39)40)15-36(8-10-43-25)24(38)16-11-18(26(30,31)32)13-19(12-16)27(33,34)35/h1-6,11-14H,7-10,15H2/t25-/m0/s1. The molecule has 0 radical (unpaired) electrons. The molecule has 1 aliphatic heterocycles. The number of rotatable bonds is 8. The molecule has 3 aromatic rings. The third kappa shape index (κ3) is 7.87. The van der Waals surface area contributed by atoms with Crippen LogP contribution in [0.15, 0.2) is 65.6 Å². The Labute approximate surface area is 261 Å². The van der Waals surface area contributed by atoms with Crippen LogP contribution in [0.2, 0.25) is 10.0 Å². The number of amides is 1. The quantitative estimate of drug-likeness (QED) is 0.107. The molecule has 242 valence electrons. The summed E-state index contributed by atoms with van der Waals surface area (Å²) in [4.78, 5) is 24.1. The highest BCUT2D eigenvalue weighted by Gasteiger charge is 2.42. The zero-order valence-electron chi connectivity index (χ0n) is 22.5. The van der Waals surface area contributed by atoms with Crippen molar-refractivity contribution in [3.05, 3.63) is 103 Å². The molecule has 0 bridgehead atoms. The van der Waals surface area contributed by atoms with E-state index in [9.17, 15) is 49.7 Å². The maximum absolute atomic E-state index is 13.4. The predicted octanol–water partition coefficient (Wildman–Crippen LogP) is 7.10. The molecule has 0 unspecified atom stereocenters. The summed E-state index contributed by atoms with van der Waals surface area (Å²) in [6.45, 7) is -1.54. The maximum Gasteiger partial charge on any atom is 0.416 e. The number of halogens is 8. The van der Waals surface area contributed by atoms with Gasteiger partial charge in [-0.1, -0.05) is 29.3 Å². The number of benzene rings is 3. The molecule has 4 rings (SSSR count). The first-order valence-electron chi connectivity index (χ1n) is 12.6. The number of hydrogen-bond donors (Lipinski definition) is 0. The molecule has 1 aliphatic rings. The number of nitro benzene ring substituents is 1. The van der Waals surface area contributed by atoms with E-state index < -0.39 is 73.6 Å². The van der Waals surface area contributed by atoms with Crippen molar-refractivity contribution in [3.8, 4) is 0 Å². The average molecular weight is 701 g/mol. The summed E-state index contributed by atoms with van der Waals surface area (Å²) in [5.41, 5.74) is -5.94. The van der Waals surface area contributed by atoms with Crippen molar-refractivity contribution in [2.75, 3.05) is 26.3 Å². The first-order valence-corrected chi connectivity index (χ1v) is 14.8. The van der Waals surface area contributed by atoms with E-state index in [4.69, 9.17) is 32.1 Å². The number of nitrogens with zero attached hydrogens (tertiary/aromatic N) is 2. The fraction of sp³-hybridized carbons (Fsp3) is 0.296. The van der Waals surface area contributed by atoms with Crippen LogP contribution in [-0.4, -0.2) is 50.5 Å². The lowest BCUT2D eigenvalue weighted by Gasteiger charge is -2.43. The third-order valence-corrected chi connectivity index (χ3v) is 8.90. The fourth-order valence-corrected chi connectivity index (χ4v) is 5.79. The minimum absolute atomic E-state index is 0.0349. The van der Waals surface area contributed by atoms with Gasteiger partial charge in [0.2, 0.25) is 0 Å². The van der Waals surface area contributed by atoms with E-state index in [1.807, 2.05) is 0 Å². The topological polar surface area (TPSA) is 116 Å². The SMILES string of the molecule is O=C(c1cc(C(F)(F)F)cc(C(F)(F)F)c1)N1CCO[C@](CCOS(=O)(=O)c2ccc([N+](=O)[O-])cc2)(c2ccc(Cl)c(Cl)c2)C1. The highest BCUT2D eigenvalue weighted by molar-refractivity contribution is 7.86. The Hall–Kier alpha value is -3.44. The molecule has 45 heavy (non-hydrogen) atoms. The van der Waals surface area contributed by atoms with Gasteiger partial charge in [0.15, 0.2) is 0 Å². The van der Waals surface area contributed by atoms with Crippen molar-refractivity contribution < 1.29 is 53.4 Å². The number of nitro groups is 1. The van der Waals surface area contributed by atoms with Gasteiger partial charge in [0.05, 0.1) is 50.7 Å². The number of carbonyl (C=O) groups excluding carboxylic acids is 1. The van der Waals surface area contributed by atoms with E-state index in [1.54, 1.807) is 0 Å². The number of ether oxygens (including phenoxy) is 1. The van der Waals surface area contributed by atoms with Gasteiger partial charge in [-0.2, -0.15) is 34.8 Å². The zero-order chi connectivity index (χ0) is 33.4. The van der Waals surface area contributed by atoms with Gasteiger partial charge in [-0.25, -0.2) is 0 Å². The minimum Gasteiger partial charge on any atom is -0.366 e. The van der Waals surface area contributed by atoms with Crippen LogP contribution in [0.25, 0.3) is 0 Å². The van der Waals surface area contributed by atoms with Crippen molar-refractivity contribution in [2.45, 2.75) is 29.3 Å². The number of hydrogen-bond acceptors (Lipinski definition) is 7. The Bertz CT molecular complexity index is 1690. The van der Waals surface area contributed by atoms with Gasteiger partial charge >= 0.3 is 12.4 Å². The molecule has 18 heteroatoms. The summed E-state index contributed by atoms with van der Waals surface area (Å²) in [5, 5.41) is 11.0. The molecule has 1 amide bonds. The second-order valence-electron chi connectivity index (χ2n) is 9.77. The summed E-state index contributed by atoms with van der Waals surface area (Å²) < 4.78 is 117. The van der Waals surface area contributed by atoms with Crippen LogP contribution in [-0.2, 0) is 37.0 Å². The van der Waals surface area contributed by atoms with Crippen molar-refractivity contribution in [3.63, 3.8) is 0 Å². The van der Waals surface area contributed by atoms with Crippen LogP contribution in [0.3, 0.4) is 0 Å². The van der Waals surface area contributed by atoms with E-state index in [0.29, 0.717) is 12.1 Å². The van der Waals surface area contributed by atoms with Gasteiger partial charge in [0, 0.05) is 30.7 Å². The monoisotopic (exact) mass is 700 g/mol. The third-order valence-electron chi connectivity index (χ3n) is 6.83. The molecule has 0 N–H and O–H groups in total. The van der Waals surface area contributed by atoms with E-state index in [-0.39, 0.29) is 46.9 Å². The Kier molecular flexibility index (Phi) is 9.76. The number of alkyl halides is 6. The largest absolute Gasteiger partial charge is 0.416 e. The summed E-state index contributed by atoms with van der Waals surface area (Å²) in [6, 6.07) is 8.54. The Morgan fingerprint density at radius 2 is 1.56 bits per heavy atom. The minimum atomic E-state index is -5.18. The van der Waals surface area contributed by atoms with Gasteiger partial charge < -0.3 is 9.64 Å². The van der Waals surface area contributed by atoms with Gasteiger partial charge in [0.25, 0.3) is 21.7 Å². The number of carbonyl (C=O) groups is 1. The Morgan fingerprint density at radius 3 is 2.09 bits per heavy atom. The first-order chi connectivity index (χ1) is 20.8. The summed E-state index contributed by atoms with van der Waals surface area (Å²) in [6.07, 6.45) is -10.7. The van der Waals surface area contributed by atoms with Gasteiger partial charge in [-0.15, -0.1) is 0 Å². The van der Waals surface area contributed by atoms with Gasteiger partial charge in [-0.3, -0.25) is 19.1 Å². The molecular formula is C27H20Cl2F6N2O7S. The van der Waals surface area contributed by atoms with Crippen LogP contribution in [0, 0.1) is 10.1 Å². The molecule has 0 aromatic heterocycles. The van der Waals surface area contributed by atoms with Gasteiger partial charge in [0.1, 0.15) is 5.60 Å². The smallest absolute Gasteiger partial charge is 0.366 e. The Balaban J connectivity index is 1.65. The van der Waals surface area contributed by atoms with Crippen LogP contribution in [0.4, 0.5) is 32.0 Å². The van der Waals surface area contributed by atoms with Crippen molar-refractivity contribution in [1.82, 2.24) is 4.90 Å². The first kappa shape index (κ1) is 34.4. The number of non-ortho nitro benzene ring substituents is 1. The van der Waals surface area contributed by atoms with Crippen molar-refractivity contribution >= 4 is 44.9 Å². The molecule has 0 saturated carbocycles. The normalized spacial score (nSPS) is 17.7. The fourth-order valence-electron chi connectivity index (χ4n) is 4.59. The molecule has 9 nitrogen and oxygen atoms in total. The summed E-state index contributed by atoms with van der Waals surface area (Å²) in [5.74, 6) is -1.17. The van der Waals surface area contributed by atoms with Crippen LogP contribution >= 0.6 is 23.2 Å². The second kappa shape index (κ2) is 12.7. The van der Waals surface area contributed by atoms with Crippen molar-refractivity contribution in [1.29, 1.82) is 0 Å². The van der Waals surface area contributed by atoms with E-state index in [0.717, 1.165) is 29.2 Å². The lowest BCUT2D eigenvalue weighted by Crippen LogP contribution is -2.52. The molecule has 0 spiro atoms. The predicted molar refractivity (Wildman–Crippen MR) is 147 cm³/mol. The van der Waals surface area contributed by atoms with Crippen LogP contribution < -0.4 is 0 Å². The summed E-state index contributed by atoms with van der Waals surface area (Å²) >= 11 is 12.2. The Morgan fingerprint density at radius 1 is 0.956 bits per heavy atom. The van der Waals surface area contributed by atoms with Gasteiger partial charge in [-0.05, 0) is 48.0 Å². The average Bonchev–Trinajstić information content (AvgIpc) is 2.97. The molecule has 1 atom stereocenters. The molecule has 1 heterocycles. The molecule has 1 saturated heterocycles. The molecule has 0 aliphatic carbocycles. The molecular weight excluding hydrogens is 681 g/mol. The summed E-state index contributed by atoms with van der Waals surface area (Å²) in [7, 11) is -4.46. The maximum atomic E-state index is 13.4. The lowest BCUT2D eigenvalue weighted by atomic mass is 9.88. The molecule has 3 aromatic carbocycles. The van der Waals surface area contributed by atoms with Crippen LogP contribution in [0.1, 0.15) is 33.5 Å². The lowest BCUT2D eigenvalue weighted by molar-refractivity contribution is -0.384. The highest BCUT2D eigenvalue weighted by atomic mass is 35.5. The molecule has 1 fully saturated rings. The van der Waals surface area contributed by atoms with E-state index in [1.165, 1.54) is 18.2 Å². The zero-order valence-corrected chi connectivity index (χ0v) is 24.8. The van der Waals surface area contributed by atoms with E-state index >= 15 is 0 Å². The van der Waals surface area contributed by atoms with E-state index in [2.05, 4.69) is 0 Å². The number of morpholine rings is 1.